The lowest BCUT2D eigenvalue weighted by Gasteiger charge is -2.22. The SMILES string of the molecule is O=[N+]([O-])c1cc(F)c(OCC2(O)CCCC2)cc1F. The number of nitro benzene ring substituents is 1. The first-order valence-corrected chi connectivity index (χ1v) is 5.90. The number of nitro groups is 1. The van der Waals surface area contributed by atoms with Gasteiger partial charge in [-0.2, -0.15) is 4.39 Å². The van der Waals surface area contributed by atoms with E-state index < -0.39 is 33.6 Å². The van der Waals surface area contributed by atoms with E-state index in [1.54, 1.807) is 0 Å². The maximum atomic E-state index is 13.5. The first kappa shape index (κ1) is 13.7. The summed E-state index contributed by atoms with van der Waals surface area (Å²) >= 11 is 0. The molecule has 1 aromatic rings. The van der Waals surface area contributed by atoms with Crippen molar-refractivity contribution in [1.29, 1.82) is 0 Å². The molecule has 0 radical (unpaired) electrons. The lowest BCUT2D eigenvalue weighted by atomic mass is 10.0. The molecule has 2 rings (SSSR count). The van der Waals surface area contributed by atoms with Crippen LogP contribution in [0.2, 0.25) is 0 Å². The third-order valence-electron chi connectivity index (χ3n) is 3.23. The molecule has 1 aliphatic carbocycles. The minimum Gasteiger partial charge on any atom is -0.487 e. The van der Waals surface area contributed by atoms with Gasteiger partial charge in [-0.3, -0.25) is 10.1 Å². The van der Waals surface area contributed by atoms with E-state index in [9.17, 15) is 24.0 Å². The molecule has 0 amide bonds. The van der Waals surface area contributed by atoms with Gasteiger partial charge < -0.3 is 9.84 Å². The summed E-state index contributed by atoms with van der Waals surface area (Å²) in [6.45, 7) is -0.152. The Hall–Kier alpha value is -1.76. The van der Waals surface area contributed by atoms with Crippen LogP contribution in [0.3, 0.4) is 0 Å². The van der Waals surface area contributed by atoms with Gasteiger partial charge in [-0.25, -0.2) is 4.39 Å². The zero-order valence-corrected chi connectivity index (χ0v) is 10.1. The van der Waals surface area contributed by atoms with E-state index in [2.05, 4.69) is 0 Å². The summed E-state index contributed by atoms with van der Waals surface area (Å²) in [6.07, 6.45) is 2.81. The molecule has 104 valence electrons. The molecule has 0 spiro atoms. The minimum absolute atomic E-state index is 0.152. The Labute approximate surface area is 108 Å². The molecule has 1 aromatic carbocycles. The summed E-state index contributed by atoms with van der Waals surface area (Å²) in [5.74, 6) is -2.61. The fraction of sp³-hybridized carbons (Fsp3) is 0.500. The molecule has 0 unspecified atom stereocenters. The van der Waals surface area contributed by atoms with Gasteiger partial charge in [-0.05, 0) is 12.8 Å². The van der Waals surface area contributed by atoms with Crippen LogP contribution in [0, 0.1) is 21.7 Å². The molecule has 1 aliphatic rings. The predicted octanol–water partition coefficient (Wildman–Crippen LogP) is 2.56. The topological polar surface area (TPSA) is 72.6 Å². The Morgan fingerprint density at radius 1 is 1.32 bits per heavy atom. The predicted molar refractivity (Wildman–Crippen MR) is 61.9 cm³/mol. The van der Waals surface area contributed by atoms with E-state index in [1.807, 2.05) is 0 Å². The van der Waals surface area contributed by atoms with Crippen molar-refractivity contribution in [1.82, 2.24) is 0 Å². The van der Waals surface area contributed by atoms with Crippen molar-refractivity contribution in [2.75, 3.05) is 6.61 Å². The number of halogens is 2. The quantitative estimate of drug-likeness (QED) is 0.676. The molecule has 0 saturated heterocycles. The van der Waals surface area contributed by atoms with Crippen molar-refractivity contribution in [3.63, 3.8) is 0 Å². The fourth-order valence-corrected chi connectivity index (χ4v) is 2.16. The normalized spacial score (nSPS) is 17.4. The van der Waals surface area contributed by atoms with Gasteiger partial charge in [0.15, 0.2) is 11.6 Å². The van der Waals surface area contributed by atoms with Gasteiger partial charge in [-0.1, -0.05) is 12.8 Å². The molecule has 0 heterocycles. The van der Waals surface area contributed by atoms with Crippen LogP contribution >= 0.6 is 0 Å². The van der Waals surface area contributed by atoms with Crippen LogP contribution in [0.25, 0.3) is 0 Å². The molecule has 7 heteroatoms. The molecule has 0 aliphatic heterocycles. The number of hydrogen-bond donors (Lipinski definition) is 1. The summed E-state index contributed by atoms with van der Waals surface area (Å²) in [4.78, 5) is 9.41. The first-order valence-electron chi connectivity index (χ1n) is 5.90. The van der Waals surface area contributed by atoms with Crippen LogP contribution in [-0.4, -0.2) is 22.2 Å². The van der Waals surface area contributed by atoms with Crippen LogP contribution in [0.4, 0.5) is 14.5 Å². The highest BCUT2D eigenvalue weighted by molar-refractivity contribution is 5.39. The summed E-state index contributed by atoms with van der Waals surface area (Å²) in [6, 6.07) is 1.11. The lowest BCUT2D eigenvalue weighted by molar-refractivity contribution is -0.387. The maximum Gasteiger partial charge on any atom is 0.307 e. The molecule has 0 atom stereocenters. The zero-order valence-electron chi connectivity index (χ0n) is 10.1. The highest BCUT2D eigenvalue weighted by Crippen LogP contribution is 2.32. The Bertz CT molecular complexity index is 501. The van der Waals surface area contributed by atoms with Crippen molar-refractivity contribution in [3.05, 3.63) is 33.9 Å². The van der Waals surface area contributed by atoms with Crippen molar-refractivity contribution in [2.24, 2.45) is 0 Å². The Morgan fingerprint density at radius 2 is 1.95 bits per heavy atom. The first-order chi connectivity index (χ1) is 8.91. The second-order valence-corrected chi connectivity index (χ2v) is 4.71. The van der Waals surface area contributed by atoms with Gasteiger partial charge in [-0.15, -0.1) is 0 Å². The monoisotopic (exact) mass is 273 g/mol. The van der Waals surface area contributed by atoms with Crippen LogP contribution < -0.4 is 4.74 Å². The van der Waals surface area contributed by atoms with Crippen LogP contribution in [0.1, 0.15) is 25.7 Å². The highest BCUT2D eigenvalue weighted by Gasteiger charge is 2.32. The van der Waals surface area contributed by atoms with Gasteiger partial charge in [0, 0.05) is 6.07 Å². The molecule has 1 saturated carbocycles. The Morgan fingerprint density at radius 3 is 2.53 bits per heavy atom. The number of ether oxygens (including phenoxy) is 1. The van der Waals surface area contributed by atoms with Crippen molar-refractivity contribution in [2.45, 2.75) is 31.3 Å². The van der Waals surface area contributed by atoms with Gasteiger partial charge in [0.2, 0.25) is 5.82 Å². The van der Waals surface area contributed by atoms with Crippen LogP contribution in [0.5, 0.6) is 5.75 Å². The third kappa shape index (κ3) is 2.98. The standard InChI is InChI=1S/C12H13F2NO4/c13-8-6-11(9(14)5-10(8)15(17)18)19-7-12(16)3-1-2-4-12/h5-6,16H,1-4,7H2. The Kier molecular flexibility index (Phi) is 3.66. The minimum atomic E-state index is -1.17. The summed E-state index contributed by atoms with van der Waals surface area (Å²) < 4.78 is 31.9. The number of aliphatic hydroxyl groups is 1. The summed E-state index contributed by atoms with van der Waals surface area (Å²) in [5.41, 5.74) is -1.96. The summed E-state index contributed by atoms with van der Waals surface area (Å²) in [5, 5.41) is 20.4. The molecule has 5 nitrogen and oxygen atoms in total. The van der Waals surface area contributed by atoms with Gasteiger partial charge >= 0.3 is 5.69 Å². The van der Waals surface area contributed by atoms with E-state index in [-0.39, 0.29) is 6.61 Å². The molecule has 19 heavy (non-hydrogen) atoms. The molecule has 0 aromatic heterocycles. The molecular formula is C12H13F2NO4. The van der Waals surface area contributed by atoms with E-state index >= 15 is 0 Å². The molecule has 1 N–H and O–H groups in total. The number of rotatable bonds is 4. The van der Waals surface area contributed by atoms with Crippen molar-refractivity contribution >= 4 is 5.69 Å². The number of benzene rings is 1. The van der Waals surface area contributed by atoms with Crippen molar-refractivity contribution in [3.8, 4) is 5.75 Å². The fourth-order valence-electron chi connectivity index (χ4n) is 2.16. The molecule has 1 fully saturated rings. The maximum absolute atomic E-state index is 13.5. The highest BCUT2D eigenvalue weighted by atomic mass is 19.1. The van der Waals surface area contributed by atoms with Gasteiger partial charge in [0.05, 0.1) is 16.6 Å². The lowest BCUT2D eigenvalue weighted by Crippen LogP contribution is -2.32. The smallest absolute Gasteiger partial charge is 0.307 e. The van der Waals surface area contributed by atoms with E-state index in [0.717, 1.165) is 12.8 Å². The number of hydrogen-bond acceptors (Lipinski definition) is 4. The average molecular weight is 273 g/mol. The van der Waals surface area contributed by atoms with E-state index in [0.29, 0.717) is 25.0 Å². The van der Waals surface area contributed by atoms with Crippen LogP contribution in [0.15, 0.2) is 12.1 Å². The zero-order chi connectivity index (χ0) is 14.0. The third-order valence-corrected chi connectivity index (χ3v) is 3.23. The largest absolute Gasteiger partial charge is 0.487 e. The van der Waals surface area contributed by atoms with Crippen LogP contribution in [-0.2, 0) is 0 Å². The molecular weight excluding hydrogens is 260 g/mol. The van der Waals surface area contributed by atoms with Crippen molar-refractivity contribution < 1.29 is 23.5 Å². The number of nitrogens with zero attached hydrogens (tertiary/aromatic N) is 1. The van der Waals surface area contributed by atoms with Gasteiger partial charge in [0.1, 0.15) is 6.61 Å². The second kappa shape index (κ2) is 5.08. The van der Waals surface area contributed by atoms with E-state index in [4.69, 9.17) is 4.74 Å². The average Bonchev–Trinajstić information content (AvgIpc) is 2.77. The summed E-state index contributed by atoms with van der Waals surface area (Å²) in [7, 11) is 0. The Balaban J connectivity index is 2.13. The molecule has 0 bridgehead atoms. The second-order valence-electron chi connectivity index (χ2n) is 4.71. The van der Waals surface area contributed by atoms with E-state index in [1.165, 1.54) is 0 Å². The van der Waals surface area contributed by atoms with Gasteiger partial charge in [0.25, 0.3) is 0 Å².